The molecule has 0 aliphatic heterocycles. The van der Waals surface area contributed by atoms with Crippen molar-refractivity contribution in [3.63, 3.8) is 0 Å². The van der Waals surface area contributed by atoms with Crippen LogP contribution < -0.4 is 0 Å². The second-order valence-corrected chi connectivity index (χ2v) is 11.9. The Balaban J connectivity index is 1.34. The zero-order valence-electron chi connectivity index (χ0n) is 25.7. The predicted molar refractivity (Wildman–Crippen MR) is 182 cm³/mol. The van der Waals surface area contributed by atoms with E-state index in [-0.39, 0.29) is 5.41 Å². The molecule has 4 aromatic rings. The van der Waals surface area contributed by atoms with E-state index in [1.54, 1.807) is 0 Å². The van der Waals surface area contributed by atoms with Gasteiger partial charge in [-0.05, 0) is 70.2 Å². The highest BCUT2D eigenvalue weighted by Crippen LogP contribution is 2.32. The van der Waals surface area contributed by atoms with Crippen LogP contribution in [0.2, 0.25) is 0 Å². The van der Waals surface area contributed by atoms with Crippen LogP contribution in [0.15, 0.2) is 97.1 Å². The molecule has 0 heteroatoms. The lowest BCUT2D eigenvalue weighted by atomic mass is 9.78. The molecule has 0 atom stereocenters. The fourth-order valence-corrected chi connectivity index (χ4v) is 5.32. The van der Waals surface area contributed by atoms with Gasteiger partial charge < -0.3 is 0 Å². The number of hydrogen-bond donors (Lipinski definition) is 0. The van der Waals surface area contributed by atoms with E-state index >= 15 is 0 Å². The molecule has 0 aromatic heterocycles. The first-order chi connectivity index (χ1) is 20.0. The van der Waals surface area contributed by atoms with Crippen LogP contribution >= 0.6 is 0 Å². The van der Waals surface area contributed by atoms with E-state index in [1.807, 2.05) is 0 Å². The van der Waals surface area contributed by atoms with Gasteiger partial charge in [-0.1, -0.05) is 175 Å². The Bertz CT molecular complexity index is 1250. The van der Waals surface area contributed by atoms with Crippen LogP contribution in [0.4, 0.5) is 0 Å². The highest BCUT2D eigenvalue weighted by Gasteiger charge is 2.22. The average Bonchev–Trinajstić information content (AvgIpc) is 3.01. The maximum atomic E-state index is 2.31. The first kappa shape index (κ1) is 30.3. The van der Waals surface area contributed by atoms with Crippen LogP contribution in [0.1, 0.15) is 111 Å². The van der Waals surface area contributed by atoms with Gasteiger partial charge in [0, 0.05) is 5.41 Å². The van der Waals surface area contributed by atoms with Gasteiger partial charge >= 0.3 is 0 Å². The van der Waals surface area contributed by atoms with E-state index in [4.69, 9.17) is 0 Å². The van der Waals surface area contributed by atoms with Crippen molar-refractivity contribution in [3.05, 3.63) is 142 Å². The largest absolute Gasteiger partial charge is 0.0654 e. The Morgan fingerprint density at radius 1 is 0.415 bits per heavy atom. The van der Waals surface area contributed by atoms with Crippen molar-refractivity contribution in [2.45, 2.75) is 84.5 Å². The lowest BCUT2D eigenvalue weighted by Crippen LogP contribution is -2.18. The zero-order chi connectivity index (χ0) is 28.9. The highest BCUT2D eigenvalue weighted by molar-refractivity contribution is 5.71. The minimum atomic E-state index is -0.0638. The summed E-state index contributed by atoms with van der Waals surface area (Å²) in [7, 11) is 0. The smallest absolute Gasteiger partial charge is 0.0146 e. The van der Waals surface area contributed by atoms with Crippen molar-refractivity contribution in [1.29, 1.82) is 0 Å². The molecule has 0 saturated heterocycles. The molecule has 0 unspecified atom stereocenters. The van der Waals surface area contributed by atoms with Gasteiger partial charge in [-0.15, -0.1) is 0 Å². The molecule has 0 aliphatic rings. The summed E-state index contributed by atoms with van der Waals surface area (Å²) in [5.74, 6) is 0. The van der Waals surface area contributed by atoms with Gasteiger partial charge in [-0.3, -0.25) is 0 Å². The van der Waals surface area contributed by atoms with E-state index in [9.17, 15) is 0 Å². The molecule has 0 saturated carbocycles. The average molecular weight is 541 g/mol. The molecular weight excluding hydrogens is 492 g/mol. The topological polar surface area (TPSA) is 0 Å². The second-order valence-electron chi connectivity index (χ2n) is 11.9. The summed E-state index contributed by atoms with van der Waals surface area (Å²) < 4.78 is 0. The monoisotopic (exact) mass is 540 g/mol. The SMILES string of the molecule is CCCCCc1ccc(/C=C/c2ccc(C(C)(C)c3ccc(/C=C/c4ccc(CCCCC)cc4)cc3)cc2)cc1. The summed E-state index contributed by atoms with van der Waals surface area (Å²) in [5, 5.41) is 0. The van der Waals surface area contributed by atoms with E-state index in [2.05, 4.69) is 149 Å². The number of unbranched alkanes of at least 4 members (excludes halogenated alkanes) is 4. The van der Waals surface area contributed by atoms with Crippen molar-refractivity contribution in [1.82, 2.24) is 0 Å². The van der Waals surface area contributed by atoms with Crippen LogP contribution in [0.3, 0.4) is 0 Å². The van der Waals surface area contributed by atoms with Gasteiger partial charge in [0.15, 0.2) is 0 Å². The van der Waals surface area contributed by atoms with E-state index < -0.39 is 0 Å². The molecule has 0 nitrogen and oxygen atoms in total. The van der Waals surface area contributed by atoms with Crippen LogP contribution in [0.5, 0.6) is 0 Å². The summed E-state index contributed by atoms with van der Waals surface area (Å²) in [6, 6.07) is 36.1. The van der Waals surface area contributed by atoms with E-state index in [0.29, 0.717) is 0 Å². The molecule has 0 aliphatic carbocycles. The number of aryl methyl sites for hydroxylation is 2. The molecule has 0 bridgehead atoms. The third kappa shape index (κ3) is 9.19. The molecule has 4 aromatic carbocycles. The number of rotatable bonds is 14. The number of benzene rings is 4. The summed E-state index contributed by atoms with van der Waals surface area (Å²) >= 11 is 0. The Hall–Kier alpha value is -3.64. The van der Waals surface area contributed by atoms with Gasteiger partial charge in [0.05, 0.1) is 0 Å². The Kier molecular flexibility index (Phi) is 11.4. The molecule has 212 valence electrons. The van der Waals surface area contributed by atoms with Gasteiger partial charge in [0.1, 0.15) is 0 Å². The summed E-state index contributed by atoms with van der Waals surface area (Å²) in [6.45, 7) is 9.14. The second kappa shape index (κ2) is 15.4. The lowest BCUT2D eigenvalue weighted by Gasteiger charge is -2.26. The van der Waals surface area contributed by atoms with Gasteiger partial charge in [-0.2, -0.15) is 0 Å². The third-order valence-electron chi connectivity index (χ3n) is 8.30. The maximum Gasteiger partial charge on any atom is 0.0146 e. The quantitative estimate of drug-likeness (QED) is 0.110. The molecule has 0 amide bonds. The van der Waals surface area contributed by atoms with Crippen molar-refractivity contribution in [3.8, 4) is 0 Å². The Morgan fingerprint density at radius 2 is 0.707 bits per heavy atom. The molecule has 0 spiro atoms. The van der Waals surface area contributed by atoms with Crippen molar-refractivity contribution in [2.75, 3.05) is 0 Å². The first-order valence-electron chi connectivity index (χ1n) is 15.7. The van der Waals surface area contributed by atoms with Gasteiger partial charge in [0.2, 0.25) is 0 Å². The summed E-state index contributed by atoms with van der Waals surface area (Å²) in [4.78, 5) is 0. The minimum Gasteiger partial charge on any atom is -0.0654 e. The summed E-state index contributed by atoms with van der Waals surface area (Å²) in [5.41, 5.74) is 10.4. The van der Waals surface area contributed by atoms with Crippen molar-refractivity contribution in [2.24, 2.45) is 0 Å². The lowest BCUT2D eigenvalue weighted by molar-refractivity contribution is 0.641. The van der Waals surface area contributed by atoms with Crippen molar-refractivity contribution >= 4 is 24.3 Å². The maximum absolute atomic E-state index is 2.31. The molecule has 4 rings (SSSR count). The molecule has 41 heavy (non-hydrogen) atoms. The standard InChI is InChI=1S/C41H48/c1-5-7-9-11-33-13-17-35(18-14-33)21-23-37-25-29-39(30-26-37)41(3,4)40-31-27-38(28-32-40)24-22-36-19-15-34(16-20-36)12-10-8-6-2/h13-32H,5-12H2,1-4H3/b23-21+,24-22+. The Morgan fingerprint density at radius 3 is 1.00 bits per heavy atom. The highest BCUT2D eigenvalue weighted by atomic mass is 14.3. The fraction of sp³-hybridized carbons (Fsp3) is 0.317. The first-order valence-corrected chi connectivity index (χ1v) is 15.7. The van der Waals surface area contributed by atoms with Crippen LogP contribution in [-0.4, -0.2) is 0 Å². The van der Waals surface area contributed by atoms with Gasteiger partial charge in [0.25, 0.3) is 0 Å². The van der Waals surface area contributed by atoms with Crippen LogP contribution in [0.25, 0.3) is 24.3 Å². The Labute approximate surface area is 249 Å². The zero-order valence-corrected chi connectivity index (χ0v) is 25.7. The minimum absolute atomic E-state index is 0.0638. The molecule has 0 N–H and O–H groups in total. The van der Waals surface area contributed by atoms with Crippen LogP contribution in [-0.2, 0) is 18.3 Å². The van der Waals surface area contributed by atoms with E-state index in [0.717, 1.165) is 0 Å². The molecular formula is C41H48. The molecule has 0 radical (unpaired) electrons. The van der Waals surface area contributed by atoms with Crippen LogP contribution in [0, 0.1) is 0 Å². The molecule has 0 heterocycles. The normalized spacial score (nSPS) is 12.0. The van der Waals surface area contributed by atoms with Crippen molar-refractivity contribution < 1.29 is 0 Å². The van der Waals surface area contributed by atoms with Gasteiger partial charge in [-0.25, -0.2) is 0 Å². The predicted octanol–water partition coefficient (Wildman–Crippen LogP) is 11.8. The summed E-state index contributed by atoms with van der Waals surface area (Å²) in [6.07, 6.45) is 18.9. The third-order valence-corrected chi connectivity index (χ3v) is 8.30. The molecule has 0 fully saturated rings. The number of hydrogen-bond acceptors (Lipinski definition) is 0. The fourth-order valence-electron chi connectivity index (χ4n) is 5.32. The van der Waals surface area contributed by atoms with E-state index in [1.165, 1.54) is 95.9 Å².